The van der Waals surface area contributed by atoms with Gasteiger partial charge in [-0.3, -0.25) is 24.0 Å². The number of hydrogen-bond acceptors (Lipinski definition) is 12. The normalized spacial score (nSPS) is 22.9. The maximum absolute atomic E-state index is 12.7. The molecular formula is C25H32N2O12. The SMILES string of the molecule is CC(=O)N[C@@H]1[C@@H](OC(C)=O)[C@H](OC(C)=O)[C@@H](COC(C)=O)O[C@H]1NC(=O)C[C@H](O)C(=O)OCc1ccccc1. The third-order valence-corrected chi connectivity index (χ3v) is 5.29. The first-order chi connectivity index (χ1) is 18.4. The van der Waals surface area contributed by atoms with Crippen LogP contribution in [0.2, 0.25) is 0 Å². The molecule has 1 aliphatic rings. The summed E-state index contributed by atoms with van der Waals surface area (Å²) >= 11 is 0. The highest BCUT2D eigenvalue weighted by Gasteiger charge is 2.51. The van der Waals surface area contributed by atoms with E-state index in [4.69, 9.17) is 23.7 Å². The van der Waals surface area contributed by atoms with Gasteiger partial charge in [0.25, 0.3) is 0 Å². The van der Waals surface area contributed by atoms with Crippen molar-refractivity contribution in [1.29, 1.82) is 0 Å². The lowest BCUT2D eigenvalue weighted by Crippen LogP contribution is -2.69. The van der Waals surface area contributed by atoms with Crippen LogP contribution in [0.4, 0.5) is 0 Å². The van der Waals surface area contributed by atoms with Crippen molar-refractivity contribution in [2.75, 3.05) is 6.61 Å². The van der Waals surface area contributed by atoms with Crippen molar-refractivity contribution >= 4 is 35.7 Å². The van der Waals surface area contributed by atoms with Gasteiger partial charge in [-0.2, -0.15) is 0 Å². The number of carbonyl (C=O) groups excluding carboxylic acids is 6. The van der Waals surface area contributed by atoms with Gasteiger partial charge in [-0.05, 0) is 5.56 Å². The third kappa shape index (κ3) is 10.3. The zero-order chi connectivity index (χ0) is 29.1. The lowest BCUT2D eigenvalue weighted by atomic mass is 9.95. The molecule has 14 nitrogen and oxygen atoms in total. The Bertz CT molecular complexity index is 1050. The molecule has 2 amide bonds. The minimum atomic E-state index is -1.83. The minimum Gasteiger partial charge on any atom is -0.463 e. The zero-order valence-electron chi connectivity index (χ0n) is 21.9. The maximum Gasteiger partial charge on any atom is 0.335 e. The largest absolute Gasteiger partial charge is 0.463 e. The lowest BCUT2D eigenvalue weighted by Gasteiger charge is -2.45. The lowest BCUT2D eigenvalue weighted by molar-refractivity contribution is -0.228. The van der Waals surface area contributed by atoms with Crippen molar-refractivity contribution in [3.8, 4) is 0 Å². The topological polar surface area (TPSA) is 193 Å². The van der Waals surface area contributed by atoms with Crippen molar-refractivity contribution in [1.82, 2.24) is 10.6 Å². The van der Waals surface area contributed by atoms with Crippen LogP contribution in [0.15, 0.2) is 30.3 Å². The molecule has 1 aromatic carbocycles. The van der Waals surface area contributed by atoms with Crippen LogP contribution in [0.1, 0.15) is 39.7 Å². The molecule has 39 heavy (non-hydrogen) atoms. The second kappa shape index (κ2) is 14.8. The molecule has 1 saturated heterocycles. The van der Waals surface area contributed by atoms with E-state index in [2.05, 4.69) is 10.6 Å². The van der Waals surface area contributed by atoms with Crippen LogP contribution in [0.3, 0.4) is 0 Å². The van der Waals surface area contributed by atoms with E-state index in [1.165, 1.54) is 0 Å². The van der Waals surface area contributed by atoms with Gasteiger partial charge in [0, 0.05) is 27.7 Å². The number of amides is 2. The standard InChI is InChI=1S/C25H32N2O12/c1-13(28)26-21-23(38-16(4)31)22(37-15(3)30)19(12-35-14(2)29)39-24(21)27-20(33)10-18(32)25(34)36-11-17-8-6-5-7-9-17/h5-9,18-19,21-24,32H,10-12H2,1-4H3,(H,26,28)(H,27,33)/t18-,19+,21+,22+,23+,24+/m0/s1. The van der Waals surface area contributed by atoms with Gasteiger partial charge in [-0.25, -0.2) is 4.79 Å². The molecule has 14 heteroatoms. The smallest absolute Gasteiger partial charge is 0.335 e. The Kier molecular flexibility index (Phi) is 11.8. The van der Waals surface area contributed by atoms with Gasteiger partial charge in [0.1, 0.15) is 25.4 Å². The van der Waals surface area contributed by atoms with E-state index >= 15 is 0 Å². The number of ether oxygens (including phenoxy) is 5. The fourth-order valence-corrected chi connectivity index (χ4v) is 3.76. The fourth-order valence-electron chi connectivity index (χ4n) is 3.76. The van der Waals surface area contributed by atoms with Gasteiger partial charge in [-0.15, -0.1) is 0 Å². The van der Waals surface area contributed by atoms with Crippen LogP contribution in [0.25, 0.3) is 0 Å². The van der Waals surface area contributed by atoms with Crippen molar-refractivity contribution in [3.05, 3.63) is 35.9 Å². The molecule has 0 saturated carbocycles. The number of aliphatic hydroxyl groups excluding tert-OH is 1. The number of carbonyl (C=O) groups is 6. The Labute approximate surface area is 224 Å². The zero-order valence-corrected chi connectivity index (χ0v) is 21.9. The maximum atomic E-state index is 12.7. The molecule has 0 spiro atoms. The average molecular weight is 553 g/mol. The fraction of sp³-hybridized carbons (Fsp3) is 0.520. The molecule has 6 atom stereocenters. The van der Waals surface area contributed by atoms with Gasteiger partial charge in [0.2, 0.25) is 11.8 Å². The number of esters is 4. The molecular weight excluding hydrogens is 520 g/mol. The van der Waals surface area contributed by atoms with Crippen LogP contribution in [0, 0.1) is 0 Å². The molecule has 214 valence electrons. The molecule has 3 N–H and O–H groups in total. The predicted molar refractivity (Wildman–Crippen MR) is 129 cm³/mol. The summed E-state index contributed by atoms with van der Waals surface area (Å²) in [7, 11) is 0. The molecule has 0 aromatic heterocycles. The highest BCUT2D eigenvalue weighted by molar-refractivity contribution is 5.84. The molecule has 0 bridgehead atoms. The Morgan fingerprint density at radius 1 is 0.872 bits per heavy atom. The Morgan fingerprint density at radius 2 is 1.49 bits per heavy atom. The Morgan fingerprint density at radius 3 is 2.05 bits per heavy atom. The van der Waals surface area contributed by atoms with E-state index in [1.54, 1.807) is 30.3 Å². The number of hydrogen-bond donors (Lipinski definition) is 3. The third-order valence-electron chi connectivity index (χ3n) is 5.29. The summed E-state index contributed by atoms with van der Waals surface area (Å²) in [6.45, 7) is 3.88. The molecule has 1 aromatic rings. The summed E-state index contributed by atoms with van der Waals surface area (Å²) in [6.07, 6.45) is -7.94. The minimum absolute atomic E-state index is 0.117. The van der Waals surface area contributed by atoms with Crippen molar-refractivity contribution in [2.45, 2.75) is 77.4 Å². The van der Waals surface area contributed by atoms with Gasteiger partial charge in [-0.1, -0.05) is 30.3 Å². The number of nitrogens with one attached hydrogen (secondary N) is 2. The van der Waals surface area contributed by atoms with Crippen LogP contribution in [-0.4, -0.2) is 84.1 Å². The quantitative estimate of drug-likeness (QED) is 0.230. The van der Waals surface area contributed by atoms with Gasteiger partial charge in [0.15, 0.2) is 24.5 Å². The van der Waals surface area contributed by atoms with E-state index in [0.717, 1.165) is 27.7 Å². The summed E-state index contributed by atoms with van der Waals surface area (Å²) in [5, 5.41) is 15.1. The van der Waals surface area contributed by atoms with Crippen molar-refractivity contribution in [3.63, 3.8) is 0 Å². The summed E-state index contributed by atoms with van der Waals surface area (Å²) in [6, 6.07) is 7.41. The molecule has 1 fully saturated rings. The van der Waals surface area contributed by atoms with Crippen LogP contribution in [-0.2, 0) is 59.1 Å². The molecule has 0 unspecified atom stereocenters. The first kappa shape index (κ1) is 31.2. The number of aliphatic hydroxyl groups is 1. The van der Waals surface area contributed by atoms with E-state index in [-0.39, 0.29) is 6.61 Å². The highest BCUT2D eigenvalue weighted by Crippen LogP contribution is 2.26. The summed E-state index contributed by atoms with van der Waals surface area (Å²) in [5.41, 5.74) is 0.675. The first-order valence-electron chi connectivity index (χ1n) is 12.0. The molecule has 0 radical (unpaired) electrons. The molecule has 2 rings (SSSR count). The van der Waals surface area contributed by atoms with E-state index in [0.29, 0.717) is 5.56 Å². The van der Waals surface area contributed by atoms with Crippen LogP contribution >= 0.6 is 0 Å². The molecule has 0 aliphatic carbocycles. The first-order valence-corrected chi connectivity index (χ1v) is 12.0. The van der Waals surface area contributed by atoms with Gasteiger partial charge in [0.05, 0.1) is 6.42 Å². The van der Waals surface area contributed by atoms with E-state index in [1.807, 2.05) is 0 Å². The average Bonchev–Trinajstić information content (AvgIpc) is 2.84. The van der Waals surface area contributed by atoms with E-state index in [9.17, 15) is 33.9 Å². The monoisotopic (exact) mass is 552 g/mol. The molecule has 1 aliphatic heterocycles. The Balaban J connectivity index is 2.20. The Hall–Kier alpha value is -4.04. The van der Waals surface area contributed by atoms with E-state index < -0.39 is 85.4 Å². The van der Waals surface area contributed by atoms with Gasteiger partial charge >= 0.3 is 23.9 Å². The van der Waals surface area contributed by atoms with Crippen LogP contribution in [0.5, 0.6) is 0 Å². The van der Waals surface area contributed by atoms with Gasteiger partial charge < -0.3 is 39.4 Å². The summed E-state index contributed by atoms with van der Waals surface area (Å²) in [4.78, 5) is 72.0. The van der Waals surface area contributed by atoms with Crippen LogP contribution < -0.4 is 10.6 Å². The number of benzene rings is 1. The number of rotatable bonds is 11. The second-order valence-corrected chi connectivity index (χ2v) is 8.65. The molecule has 1 heterocycles. The summed E-state index contributed by atoms with van der Waals surface area (Å²) < 4.78 is 26.4. The highest BCUT2D eigenvalue weighted by atomic mass is 16.6. The summed E-state index contributed by atoms with van der Waals surface area (Å²) in [5.74, 6) is -4.82. The predicted octanol–water partition coefficient (Wildman–Crippen LogP) is -0.747. The van der Waals surface area contributed by atoms with Crippen molar-refractivity contribution < 1.29 is 57.6 Å². The van der Waals surface area contributed by atoms with Crippen molar-refractivity contribution in [2.24, 2.45) is 0 Å². The second-order valence-electron chi connectivity index (χ2n) is 8.65.